The zero-order chi connectivity index (χ0) is 7.84. The fourth-order valence-electron chi connectivity index (χ4n) is 1.40. The summed E-state index contributed by atoms with van der Waals surface area (Å²) >= 11 is 2.28. The highest BCUT2D eigenvalue weighted by atomic mass is 127. The zero-order valence-electron chi connectivity index (χ0n) is 6.39. The van der Waals surface area contributed by atoms with E-state index < -0.39 is 0 Å². The first kappa shape index (κ1) is 7.54. The number of nitrogens with one attached hydrogen (secondary N) is 1. The number of nitrogens with zero attached hydrogens (tertiary/aromatic N) is 2. The second-order valence-electron chi connectivity index (χ2n) is 2.96. The van der Waals surface area contributed by atoms with E-state index in [4.69, 9.17) is 0 Å². The van der Waals surface area contributed by atoms with Gasteiger partial charge in [0.2, 0.25) is 0 Å². The number of aromatic nitrogens is 2. The molecule has 0 atom stereocenters. The quantitative estimate of drug-likeness (QED) is 0.708. The average Bonchev–Trinajstić information content (AvgIpc) is 2.33. The molecule has 4 heteroatoms. The molecule has 0 aliphatic carbocycles. The van der Waals surface area contributed by atoms with Crippen LogP contribution in [0.5, 0.6) is 0 Å². The molecule has 1 aromatic rings. The van der Waals surface area contributed by atoms with Crippen LogP contribution in [0, 0.1) is 3.70 Å². The Bertz CT molecular complexity index is 269. The summed E-state index contributed by atoms with van der Waals surface area (Å²) in [6, 6.07) is 0. The number of H-pyrrole nitrogens is 1. The highest BCUT2D eigenvalue weighted by molar-refractivity contribution is 14.1. The van der Waals surface area contributed by atoms with Crippen molar-refractivity contribution in [1.29, 1.82) is 0 Å². The molecular formula is C7H10IN3. The first-order chi connectivity index (χ1) is 5.27. The Kier molecular flexibility index (Phi) is 1.88. The summed E-state index contributed by atoms with van der Waals surface area (Å²) < 4.78 is 1.13. The van der Waals surface area contributed by atoms with Crippen LogP contribution in [0.3, 0.4) is 0 Å². The third kappa shape index (κ3) is 1.29. The Hall–Kier alpha value is -0.100. The Morgan fingerprint density at radius 2 is 2.45 bits per heavy atom. The van der Waals surface area contributed by atoms with E-state index in [0.717, 1.165) is 23.2 Å². The van der Waals surface area contributed by atoms with E-state index in [-0.39, 0.29) is 0 Å². The van der Waals surface area contributed by atoms with E-state index in [0.29, 0.717) is 0 Å². The largest absolute Gasteiger partial charge is 0.302 e. The van der Waals surface area contributed by atoms with Gasteiger partial charge >= 0.3 is 0 Å². The molecule has 1 N–H and O–H groups in total. The van der Waals surface area contributed by atoms with Gasteiger partial charge in [0, 0.05) is 30.8 Å². The minimum atomic E-state index is 1.05. The molecular weight excluding hydrogens is 253 g/mol. The summed E-state index contributed by atoms with van der Waals surface area (Å²) in [4.78, 5) is 2.32. The molecule has 1 aliphatic rings. The number of hydrogen-bond donors (Lipinski definition) is 1. The monoisotopic (exact) mass is 263 g/mol. The maximum atomic E-state index is 4.17. The van der Waals surface area contributed by atoms with Crippen LogP contribution in [0.2, 0.25) is 0 Å². The molecule has 3 nitrogen and oxygen atoms in total. The SMILES string of the molecule is CN1CCc2[nH]nc(I)c2C1. The first-order valence-corrected chi connectivity index (χ1v) is 4.75. The second-order valence-corrected chi connectivity index (χ2v) is 3.98. The van der Waals surface area contributed by atoms with Crippen LogP contribution in [0.1, 0.15) is 11.3 Å². The molecule has 2 heterocycles. The lowest BCUT2D eigenvalue weighted by molar-refractivity contribution is 0.311. The third-order valence-corrected chi connectivity index (χ3v) is 2.97. The highest BCUT2D eigenvalue weighted by Crippen LogP contribution is 2.19. The maximum absolute atomic E-state index is 4.17. The molecule has 0 spiro atoms. The first-order valence-electron chi connectivity index (χ1n) is 3.67. The Morgan fingerprint density at radius 3 is 3.27 bits per heavy atom. The summed E-state index contributed by atoms with van der Waals surface area (Å²) in [6.45, 7) is 2.19. The predicted molar refractivity (Wildman–Crippen MR) is 51.3 cm³/mol. The number of hydrogen-bond acceptors (Lipinski definition) is 2. The van der Waals surface area contributed by atoms with Gasteiger partial charge in [0.05, 0.1) is 0 Å². The average molecular weight is 263 g/mol. The minimum absolute atomic E-state index is 1.05. The summed E-state index contributed by atoms with van der Waals surface area (Å²) in [5.41, 5.74) is 2.71. The normalized spacial score (nSPS) is 18.4. The van der Waals surface area contributed by atoms with Crippen molar-refractivity contribution in [1.82, 2.24) is 15.1 Å². The molecule has 60 valence electrons. The summed E-state index contributed by atoms with van der Waals surface area (Å²) in [6.07, 6.45) is 1.11. The standard InChI is InChI=1S/C7H10IN3/c1-11-3-2-6-5(4-11)7(8)10-9-6/h2-4H2,1H3,(H,9,10). The number of aromatic amines is 1. The van der Waals surface area contributed by atoms with Crippen LogP contribution < -0.4 is 0 Å². The molecule has 0 saturated carbocycles. The lowest BCUT2D eigenvalue weighted by atomic mass is 10.1. The Morgan fingerprint density at radius 1 is 1.64 bits per heavy atom. The van der Waals surface area contributed by atoms with Crippen molar-refractivity contribution in [3.05, 3.63) is 15.0 Å². The van der Waals surface area contributed by atoms with Crippen molar-refractivity contribution < 1.29 is 0 Å². The van der Waals surface area contributed by atoms with Crippen molar-refractivity contribution in [3.8, 4) is 0 Å². The molecule has 0 unspecified atom stereocenters. The zero-order valence-corrected chi connectivity index (χ0v) is 8.55. The molecule has 11 heavy (non-hydrogen) atoms. The van der Waals surface area contributed by atoms with E-state index in [1.807, 2.05) is 0 Å². The van der Waals surface area contributed by atoms with Crippen molar-refractivity contribution >= 4 is 22.6 Å². The Balaban J connectivity index is 2.37. The van der Waals surface area contributed by atoms with Gasteiger partial charge in [-0.2, -0.15) is 5.10 Å². The van der Waals surface area contributed by atoms with E-state index in [1.165, 1.54) is 11.3 Å². The molecule has 0 aromatic carbocycles. The van der Waals surface area contributed by atoms with Crippen LogP contribution >= 0.6 is 22.6 Å². The topological polar surface area (TPSA) is 31.9 Å². The van der Waals surface area contributed by atoms with Gasteiger partial charge in [-0.25, -0.2) is 0 Å². The van der Waals surface area contributed by atoms with Gasteiger partial charge in [-0.1, -0.05) is 0 Å². The fraction of sp³-hybridized carbons (Fsp3) is 0.571. The van der Waals surface area contributed by atoms with Crippen molar-refractivity contribution in [2.24, 2.45) is 0 Å². The van der Waals surface area contributed by atoms with Crippen molar-refractivity contribution in [2.75, 3.05) is 13.6 Å². The van der Waals surface area contributed by atoms with E-state index in [9.17, 15) is 0 Å². The molecule has 1 aromatic heterocycles. The van der Waals surface area contributed by atoms with E-state index in [1.54, 1.807) is 0 Å². The lowest BCUT2D eigenvalue weighted by Crippen LogP contribution is -2.26. The third-order valence-electron chi connectivity index (χ3n) is 2.07. The number of halogens is 1. The van der Waals surface area contributed by atoms with Crippen LogP contribution in [0.15, 0.2) is 0 Å². The van der Waals surface area contributed by atoms with Gasteiger partial charge < -0.3 is 4.90 Å². The van der Waals surface area contributed by atoms with Gasteiger partial charge in [0.1, 0.15) is 3.70 Å². The van der Waals surface area contributed by atoms with Crippen LogP contribution in [0.4, 0.5) is 0 Å². The molecule has 0 amide bonds. The van der Waals surface area contributed by atoms with Crippen LogP contribution in [-0.4, -0.2) is 28.7 Å². The van der Waals surface area contributed by atoms with Gasteiger partial charge in [-0.15, -0.1) is 0 Å². The van der Waals surface area contributed by atoms with Crippen molar-refractivity contribution in [2.45, 2.75) is 13.0 Å². The summed E-state index contributed by atoms with van der Waals surface area (Å²) in [5, 5.41) is 7.23. The van der Waals surface area contributed by atoms with E-state index in [2.05, 4.69) is 44.7 Å². The number of likely N-dealkylation sites (N-methyl/N-ethyl adjacent to an activating group) is 1. The molecule has 0 radical (unpaired) electrons. The predicted octanol–water partition coefficient (Wildman–Crippen LogP) is 1.00. The molecule has 0 bridgehead atoms. The minimum Gasteiger partial charge on any atom is -0.302 e. The van der Waals surface area contributed by atoms with Crippen molar-refractivity contribution in [3.63, 3.8) is 0 Å². The lowest BCUT2D eigenvalue weighted by Gasteiger charge is -2.21. The van der Waals surface area contributed by atoms with Gasteiger partial charge in [-0.3, -0.25) is 5.10 Å². The smallest absolute Gasteiger partial charge is 0.127 e. The molecule has 2 rings (SSSR count). The van der Waals surface area contributed by atoms with Gasteiger partial charge in [0.15, 0.2) is 0 Å². The Labute approximate surface area is 79.3 Å². The molecule has 1 aliphatic heterocycles. The van der Waals surface area contributed by atoms with Crippen LogP contribution in [-0.2, 0) is 13.0 Å². The fourth-order valence-corrected chi connectivity index (χ4v) is 2.01. The van der Waals surface area contributed by atoms with E-state index >= 15 is 0 Å². The number of rotatable bonds is 0. The number of fused-ring (bicyclic) bond motifs is 1. The van der Waals surface area contributed by atoms with Gasteiger partial charge in [-0.05, 0) is 29.6 Å². The second kappa shape index (κ2) is 2.75. The van der Waals surface area contributed by atoms with Gasteiger partial charge in [0.25, 0.3) is 0 Å². The highest BCUT2D eigenvalue weighted by Gasteiger charge is 2.17. The summed E-state index contributed by atoms with van der Waals surface area (Å²) in [5.74, 6) is 0. The molecule has 0 fully saturated rings. The van der Waals surface area contributed by atoms with Crippen LogP contribution in [0.25, 0.3) is 0 Å². The summed E-state index contributed by atoms with van der Waals surface area (Å²) in [7, 11) is 2.14. The maximum Gasteiger partial charge on any atom is 0.127 e. The molecule has 0 saturated heterocycles.